The second-order valence-electron chi connectivity index (χ2n) is 13.0. The van der Waals surface area contributed by atoms with Gasteiger partial charge in [0.2, 0.25) is 0 Å². The minimum atomic E-state index is -1.03. The molecule has 0 spiro atoms. The number of hydrogen-bond donors (Lipinski definition) is 0. The molecule has 56 heavy (non-hydrogen) atoms. The summed E-state index contributed by atoms with van der Waals surface area (Å²) in [7, 11) is 12.3. The maximum Gasteiger partial charge on any atom is 0.303 e. The minimum absolute atomic E-state index is 0.182. The third-order valence-electron chi connectivity index (χ3n) is 9.89. The molecule has 2 aliphatic rings. The Hall–Kier alpha value is -6.18. The van der Waals surface area contributed by atoms with Gasteiger partial charge in [0.05, 0.1) is 62.8 Å². The van der Waals surface area contributed by atoms with Crippen LogP contribution < -0.4 is 47.4 Å². The van der Waals surface area contributed by atoms with E-state index in [4.69, 9.17) is 56.8 Å². The number of rotatable bonds is 13. The van der Waals surface area contributed by atoms with Crippen molar-refractivity contribution < 1.29 is 66.4 Å². The van der Waals surface area contributed by atoms with Gasteiger partial charge in [0.25, 0.3) is 0 Å². The number of esters is 2. The largest absolute Gasteiger partial charge is 0.496 e. The highest BCUT2D eigenvalue weighted by molar-refractivity contribution is 5.70. The summed E-state index contributed by atoms with van der Waals surface area (Å²) in [6, 6.07) is 15.9. The first-order chi connectivity index (χ1) is 27.0. The number of benzene rings is 4. The number of methoxy groups -OCH3 is 8. The molecule has 4 aromatic carbocycles. The molecule has 0 saturated carbocycles. The van der Waals surface area contributed by atoms with Crippen LogP contribution in [0, 0.1) is 0 Å². The smallest absolute Gasteiger partial charge is 0.303 e. The zero-order valence-corrected chi connectivity index (χ0v) is 33.0. The van der Waals surface area contributed by atoms with Gasteiger partial charge in [0, 0.05) is 66.3 Å². The SMILES string of the molecule is COc1cc(OC)c2c(c1)O[C@H](c1ccc(OC)c(OC)c1)[C@H](OC(C)=O)[C@H]2c1c(OC)cc2c(c1OC)C[C@H](OC(C)=O)[C@@H](c1ccc(OC)c(OC)c1)O2. The average molecular weight is 775 g/mol. The highest BCUT2D eigenvalue weighted by Crippen LogP contribution is 2.58. The van der Waals surface area contributed by atoms with Gasteiger partial charge in [-0.1, -0.05) is 12.1 Å². The van der Waals surface area contributed by atoms with Crippen LogP contribution in [-0.4, -0.2) is 81.0 Å². The van der Waals surface area contributed by atoms with Crippen molar-refractivity contribution in [2.75, 3.05) is 56.9 Å². The second-order valence-corrected chi connectivity index (χ2v) is 13.0. The lowest BCUT2D eigenvalue weighted by atomic mass is 9.77. The summed E-state index contributed by atoms with van der Waals surface area (Å²) in [5, 5.41) is 0. The molecule has 14 heteroatoms. The highest BCUT2D eigenvalue weighted by atomic mass is 16.6. The van der Waals surface area contributed by atoms with Crippen LogP contribution >= 0.6 is 0 Å². The fourth-order valence-electron chi connectivity index (χ4n) is 7.54. The van der Waals surface area contributed by atoms with E-state index < -0.39 is 42.3 Å². The summed E-state index contributed by atoms with van der Waals surface area (Å²) in [5.74, 6) is 2.49. The van der Waals surface area contributed by atoms with E-state index in [-0.39, 0.29) is 6.42 Å². The van der Waals surface area contributed by atoms with Crippen molar-refractivity contribution in [3.8, 4) is 57.5 Å². The lowest BCUT2D eigenvalue weighted by molar-refractivity contribution is -0.154. The molecule has 0 aliphatic carbocycles. The molecule has 0 amide bonds. The van der Waals surface area contributed by atoms with E-state index >= 15 is 0 Å². The molecule has 2 aliphatic heterocycles. The van der Waals surface area contributed by atoms with Gasteiger partial charge in [0.15, 0.2) is 41.3 Å². The lowest BCUT2D eigenvalue weighted by Gasteiger charge is -2.41. The van der Waals surface area contributed by atoms with Crippen LogP contribution in [0.1, 0.15) is 59.8 Å². The summed E-state index contributed by atoms with van der Waals surface area (Å²) in [5.41, 5.74) is 2.96. The standard InChI is InChI=1S/C42H46O14/c1-21(43)53-35-19-26-29(55-39(35)23-11-13-27(46-4)30(15-23)48-6)20-33(51-9)37(41(26)52-10)38-36-32(50-8)17-25(45-3)18-34(36)56-40(42(38)54-22(2)44)24-12-14-28(47-5)31(16-24)49-7/h11-18,20,35,38-40,42H,19H2,1-10H3/t35-,38+,39+,40+,42+/m0/s1. The van der Waals surface area contributed by atoms with Crippen molar-refractivity contribution in [1.82, 2.24) is 0 Å². The maximum atomic E-state index is 13.1. The maximum absolute atomic E-state index is 13.1. The third kappa shape index (κ3) is 7.30. The van der Waals surface area contributed by atoms with Crippen molar-refractivity contribution in [2.45, 2.75) is 50.6 Å². The van der Waals surface area contributed by atoms with E-state index in [9.17, 15) is 9.59 Å². The fourth-order valence-corrected chi connectivity index (χ4v) is 7.54. The van der Waals surface area contributed by atoms with Crippen LogP contribution in [-0.2, 0) is 25.5 Å². The Kier molecular flexibility index (Phi) is 11.8. The second kappa shape index (κ2) is 16.7. The van der Waals surface area contributed by atoms with Gasteiger partial charge < -0.3 is 56.8 Å². The molecule has 0 unspecified atom stereocenters. The predicted octanol–water partition coefficient (Wildman–Crippen LogP) is 6.56. The third-order valence-corrected chi connectivity index (χ3v) is 9.89. The van der Waals surface area contributed by atoms with Gasteiger partial charge in [0.1, 0.15) is 40.6 Å². The van der Waals surface area contributed by atoms with Crippen molar-refractivity contribution in [3.05, 3.63) is 82.4 Å². The van der Waals surface area contributed by atoms with Crippen molar-refractivity contribution in [3.63, 3.8) is 0 Å². The van der Waals surface area contributed by atoms with Crippen LogP contribution in [0.5, 0.6) is 57.5 Å². The monoisotopic (exact) mass is 774 g/mol. The molecule has 5 atom stereocenters. The molecular weight excluding hydrogens is 728 g/mol. The van der Waals surface area contributed by atoms with Crippen molar-refractivity contribution >= 4 is 11.9 Å². The molecule has 0 radical (unpaired) electrons. The topological polar surface area (TPSA) is 145 Å². The van der Waals surface area contributed by atoms with Crippen LogP contribution in [0.15, 0.2) is 54.6 Å². The normalized spacial score (nSPS) is 19.4. The Morgan fingerprint density at radius 1 is 0.536 bits per heavy atom. The van der Waals surface area contributed by atoms with Crippen LogP contribution in [0.2, 0.25) is 0 Å². The predicted molar refractivity (Wildman–Crippen MR) is 202 cm³/mol. The molecule has 2 heterocycles. The van der Waals surface area contributed by atoms with E-state index in [0.29, 0.717) is 85.3 Å². The quantitative estimate of drug-likeness (QED) is 0.135. The number of carbonyl (C=O) groups excluding carboxylic acids is 2. The Bertz CT molecular complexity index is 2090. The van der Waals surface area contributed by atoms with Gasteiger partial charge in [-0.05, 0) is 24.3 Å². The molecule has 0 bridgehead atoms. The lowest BCUT2D eigenvalue weighted by Crippen LogP contribution is -2.39. The molecule has 0 N–H and O–H groups in total. The summed E-state index contributed by atoms with van der Waals surface area (Å²) < 4.78 is 71.8. The first kappa shape index (κ1) is 39.5. The number of carbonyl (C=O) groups is 2. The van der Waals surface area contributed by atoms with E-state index in [1.807, 2.05) is 12.1 Å². The molecule has 4 aromatic rings. The van der Waals surface area contributed by atoms with E-state index in [0.717, 1.165) is 0 Å². The fraction of sp³-hybridized carbons (Fsp3) is 0.381. The molecule has 298 valence electrons. The first-order valence-electron chi connectivity index (χ1n) is 17.7. The van der Waals surface area contributed by atoms with Gasteiger partial charge in [-0.25, -0.2) is 0 Å². The summed E-state index contributed by atoms with van der Waals surface area (Å²) in [4.78, 5) is 25.7. The summed E-state index contributed by atoms with van der Waals surface area (Å²) in [6.07, 6.45) is -3.29. The van der Waals surface area contributed by atoms with Crippen LogP contribution in [0.3, 0.4) is 0 Å². The molecule has 0 saturated heterocycles. The highest BCUT2D eigenvalue weighted by Gasteiger charge is 2.49. The van der Waals surface area contributed by atoms with E-state index in [1.165, 1.54) is 49.4 Å². The van der Waals surface area contributed by atoms with E-state index in [1.54, 1.807) is 63.8 Å². The Labute approximate surface area is 325 Å². The zero-order valence-electron chi connectivity index (χ0n) is 33.0. The van der Waals surface area contributed by atoms with Gasteiger partial charge in [-0.2, -0.15) is 0 Å². The Morgan fingerprint density at radius 3 is 1.59 bits per heavy atom. The average Bonchev–Trinajstić information content (AvgIpc) is 3.21. The van der Waals surface area contributed by atoms with Gasteiger partial charge >= 0.3 is 11.9 Å². The van der Waals surface area contributed by atoms with Crippen LogP contribution in [0.25, 0.3) is 0 Å². The molecular formula is C42H46O14. The van der Waals surface area contributed by atoms with Gasteiger partial charge in [-0.3, -0.25) is 9.59 Å². The van der Waals surface area contributed by atoms with E-state index in [2.05, 4.69) is 0 Å². The molecule has 0 fully saturated rings. The summed E-state index contributed by atoms with van der Waals surface area (Å²) in [6.45, 7) is 2.67. The van der Waals surface area contributed by atoms with Crippen molar-refractivity contribution in [2.24, 2.45) is 0 Å². The first-order valence-corrected chi connectivity index (χ1v) is 17.7. The summed E-state index contributed by atoms with van der Waals surface area (Å²) >= 11 is 0. The number of hydrogen-bond acceptors (Lipinski definition) is 14. The van der Waals surface area contributed by atoms with Crippen LogP contribution in [0.4, 0.5) is 0 Å². The molecule has 14 nitrogen and oxygen atoms in total. The number of fused-ring (bicyclic) bond motifs is 2. The van der Waals surface area contributed by atoms with Crippen molar-refractivity contribution in [1.29, 1.82) is 0 Å². The Balaban J connectivity index is 1.61. The molecule has 6 rings (SSSR count). The number of ether oxygens (including phenoxy) is 12. The zero-order chi connectivity index (χ0) is 40.3. The van der Waals surface area contributed by atoms with Gasteiger partial charge in [-0.15, -0.1) is 0 Å². The molecule has 0 aromatic heterocycles. The Morgan fingerprint density at radius 2 is 1.07 bits per heavy atom. The minimum Gasteiger partial charge on any atom is -0.496 e.